The number of aromatic nitrogens is 1. The summed E-state index contributed by atoms with van der Waals surface area (Å²) in [6.07, 6.45) is 2.60. The first-order valence-electron chi connectivity index (χ1n) is 6.05. The first-order chi connectivity index (χ1) is 8.79. The summed E-state index contributed by atoms with van der Waals surface area (Å²) in [6.45, 7) is 3.53. The van der Waals surface area contributed by atoms with Gasteiger partial charge in [0.25, 0.3) is 0 Å². The highest BCUT2D eigenvalue weighted by atomic mass is 16.5. The van der Waals surface area contributed by atoms with E-state index in [2.05, 4.69) is 4.98 Å². The molecule has 0 amide bonds. The fraction of sp³-hybridized carbons (Fsp3) is 0.357. The Bertz CT molecular complexity index is 480. The van der Waals surface area contributed by atoms with Crippen LogP contribution in [0.15, 0.2) is 34.9 Å². The van der Waals surface area contributed by atoms with Crippen molar-refractivity contribution in [3.8, 4) is 0 Å². The van der Waals surface area contributed by atoms with Crippen LogP contribution in [-0.4, -0.2) is 11.6 Å². The zero-order chi connectivity index (χ0) is 12.8. The predicted molar refractivity (Wildman–Crippen MR) is 68.9 cm³/mol. The molecule has 0 aliphatic carbocycles. The number of nitrogens with zero attached hydrogens (tertiary/aromatic N) is 1. The molecule has 0 atom stereocenters. The van der Waals surface area contributed by atoms with Gasteiger partial charge in [-0.15, -0.1) is 0 Å². The van der Waals surface area contributed by atoms with Crippen molar-refractivity contribution in [1.82, 2.24) is 4.98 Å². The molecule has 4 nitrogen and oxygen atoms in total. The Kier molecular flexibility index (Phi) is 4.50. The van der Waals surface area contributed by atoms with Crippen LogP contribution < -0.4 is 5.73 Å². The maximum absolute atomic E-state index is 5.59. The molecule has 0 saturated carbocycles. The zero-order valence-corrected chi connectivity index (χ0v) is 10.6. The lowest BCUT2D eigenvalue weighted by Gasteiger charge is -2.01. The Hall–Kier alpha value is -1.65. The minimum atomic E-state index is 0.480. The molecule has 0 aliphatic rings. The molecule has 2 aromatic rings. The number of pyridine rings is 1. The Morgan fingerprint density at radius 3 is 2.94 bits per heavy atom. The standard InChI is InChI=1S/C14H18N2O2/c1-11-12(9-15)8-14(18-11)10-17-7-5-13-4-2-3-6-16-13/h2-4,6,8H,5,7,9-10,15H2,1H3. The van der Waals surface area contributed by atoms with Crippen LogP contribution in [0.25, 0.3) is 0 Å². The van der Waals surface area contributed by atoms with Gasteiger partial charge >= 0.3 is 0 Å². The number of hydrogen-bond donors (Lipinski definition) is 1. The van der Waals surface area contributed by atoms with Gasteiger partial charge in [-0.1, -0.05) is 6.07 Å². The van der Waals surface area contributed by atoms with Gasteiger partial charge in [0.2, 0.25) is 0 Å². The second-order valence-corrected chi connectivity index (χ2v) is 4.12. The van der Waals surface area contributed by atoms with Gasteiger partial charge < -0.3 is 14.9 Å². The van der Waals surface area contributed by atoms with Gasteiger partial charge in [0, 0.05) is 30.4 Å². The van der Waals surface area contributed by atoms with Crippen molar-refractivity contribution in [2.75, 3.05) is 6.61 Å². The van der Waals surface area contributed by atoms with E-state index in [1.165, 1.54) is 0 Å². The van der Waals surface area contributed by atoms with Crippen LogP contribution in [0.4, 0.5) is 0 Å². The average Bonchev–Trinajstić information content (AvgIpc) is 2.76. The van der Waals surface area contributed by atoms with Crippen molar-refractivity contribution in [1.29, 1.82) is 0 Å². The summed E-state index contributed by atoms with van der Waals surface area (Å²) in [6, 6.07) is 7.83. The summed E-state index contributed by atoms with van der Waals surface area (Å²) >= 11 is 0. The number of hydrogen-bond acceptors (Lipinski definition) is 4. The average molecular weight is 246 g/mol. The third-order valence-corrected chi connectivity index (χ3v) is 2.76. The Morgan fingerprint density at radius 1 is 1.39 bits per heavy atom. The minimum Gasteiger partial charge on any atom is -0.464 e. The second kappa shape index (κ2) is 6.33. The lowest BCUT2D eigenvalue weighted by Crippen LogP contribution is -2.00. The maximum Gasteiger partial charge on any atom is 0.130 e. The molecule has 2 rings (SSSR count). The molecule has 0 aromatic carbocycles. The normalized spacial score (nSPS) is 10.8. The number of aryl methyl sites for hydroxylation is 1. The molecule has 0 bridgehead atoms. The zero-order valence-electron chi connectivity index (χ0n) is 10.6. The van der Waals surface area contributed by atoms with Crippen molar-refractivity contribution in [3.05, 3.63) is 53.2 Å². The highest BCUT2D eigenvalue weighted by molar-refractivity contribution is 5.19. The number of furan rings is 1. The SMILES string of the molecule is Cc1oc(COCCc2ccccn2)cc1CN. The minimum absolute atomic E-state index is 0.480. The largest absolute Gasteiger partial charge is 0.464 e. The molecule has 2 heterocycles. The molecule has 2 N–H and O–H groups in total. The van der Waals surface area contributed by atoms with E-state index in [0.717, 1.165) is 29.2 Å². The molecule has 0 fully saturated rings. The van der Waals surface area contributed by atoms with Crippen LogP contribution in [0, 0.1) is 6.92 Å². The second-order valence-electron chi connectivity index (χ2n) is 4.12. The fourth-order valence-corrected chi connectivity index (χ4v) is 1.76. The van der Waals surface area contributed by atoms with Gasteiger partial charge in [0.15, 0.2) is 0 Å². The lowest BCUT2D eigenvalue weighted by atomic mass is 10.2. The van der Waals surface area contributed by atoms with E-state index in [1.807, 2.05) is 31.2 Å². The van der Waals surface area contributed by atoms with E-state index >= 15 is 0 Å². The van der Waals surface area contributed by atoms with Gasteiger partial charge in [-0.2, -0.15) is 0 Å². The topological polar surface area (TPSA) is 61.3 Å². The van der Waals surface area contributed by atoms with Crippen molar-refractivity contribution in [2.45, 2.75) is 26.5 Å². The summed E-state index contributed by atoms with van der Waals surface area (Å²) in [5.41, 5.74) is 7.66. The molecule has 0 aliphatic heterocycles. The number of rotatable bonds is 6. The van der Waals surface area contributed by atoms with Gasteiger partial charge in [0.05, 0.1) is 6.61 Å². The molecule has 0 spiro atoms. The molecule has 4 heteroatoms. The number of nitrogens with two attached hydrogens (primary N) is 1. The molecular weight excluding hydrogens is 228 g/mol. The van der Waals surface area contributed by atoms with Crippen LogP contribution >= 0.6 is 0 Å². The third kappa shape index (κ3) is 3.42. The fourth-order valence-electron chi connectivity index (χ4n) is 1.76. The van der Waals surface area contributed by atoms with Crippen LogP contribution in [0.3, 0.4) is 0 Å². The first-order valence-corrected chi connectivity index (χ1v) is 6.05. The molecule has 0 unspecified atom stereocenters. The Balaban J connectivity index is 1.75. The quantitative estimate of drug-likeness (QED) is 0.794. The Labute approximate surface area is 107 Å². The lowest BCUT2D eigenvalue weighted by molar-refractivity contribution is 0.108. The van der Waals surface area contributed by atoms with E-state index in [1.54, 1.807) is 6.20 Å². The molecule has 18 heavy (non-hydrogen) atoms. The van der Waals surface area contributed by atoms with Gasteiger partial charge in [0.1, 0.15) is 18.1 Å². The predicted octanol–water partition coefficient (Wildman–Crippen LogP) is 2.20. The van der Waals surface area contributed by atoms with Gasteiger partial charge in [-0.25, -0.2) is 0 Å². The highest BCUT2D eigenvalue weighted by Gasteiger charge is 2.05. The van der Waals surface area contributed by atoms with E-state index in [-0.39, 0.29) is 0 Å². The summed E-state index contributed by atoms with van der Waals surface area (Å²) in [5.74, 6) is 1.70. The summed E-state index contributed by atoms with van der Waals surface area (Å²) in [5, 5.41) is 0. The molecule has 2 aromatic heterocycles. The van der Waals surface area contributed by atoms with E-state index in [9.17, 15) is 0 Å². The van der Waals surface area contributed by atoms with Crippen molar-refractivity contribution in [2.24, 2.45) is 5.73 Å². The van der Waals surface area contributed by atoms with Crippen LogP contribution in [-0.2, 0) is 24.3 Å². The maximum atomic E-state index is 5.59. The van der Waals surface area contributed by atoms with E-state index in [4.69, 9.17) is 14.9 Å². The Morgan fingerprint density at radius 2 is 2.28 bits per heavy atom. The van der Waals surface area contributed by atoms with Crippen LogP contribution in [0.5, 0.6) is 0 Å². The third-order valence-electron chi connectivity index (χ3n) is 2.76. The first kappa shape index (κ1) is 12.8. The summed E-state index contributed by atoms with van der Waals surface area (Å²) in [4.78, 5) is 4.23. The monoisotopic (exact) mass is 246 g/mol. The summed E-state index contributed by atoms with van der Waals surface area (Å²) < 4.78 is 11.1. The van der Waals surface area contributed by atoms with E-state index < -0.39 is 0 Å². The van der Waals surface area contributed by atoms with Gasteiger partial charge in [-0.3, -0.25) is 4.98 Å². The molecular formula is C14H18N2O2. The molecule has 96 valence electrons. The van der Waals surface area contributed by atoms with Crippen LogP contribution in [0.1, 0.15) is 22.8 Å². The molecule has 0 radical (unpaired) electrons. The number of ether oxygens (including phenoxy) is 1. The smallest absolute Gasteiger partial charge is 0.130 e. The summed E-state index contributed by atoms with van der Waals surface area (Å²) in [7, 11) is 0. The van der Waals surface area contributed by atoms with Crippen LogP contribution in [0.2, 0.25) is 0 Å². The highest BCUT2D eigenvalue weighted by Crippen LogP contribution is 2.14. The van der Waals surface area contributed by atoms with Crippen molar-refractivity contribution in [3.63, 3.8) is 0 Å². The molecule has 0 saturated heterocycles. The van der Waals surface area contributed by atoms with Crippen molar-refractivity contribution < 1.29 is 9.15 Å². The van der Waals surface area contributed by atoms with E-state index in [0.29, 0.717) is 19.8 Å². The van der Waals surface area contributed by atoms with Crippen molar-refractivity contribution >= 4 is 0 Å². The van der Waals surface area contributed by atoms with Gasteiger partial charge in [-0.05, 0) is 25.1 Å².